The molecule has 2 heterocycles. The van der Waals surface area contributed by atoms with Crippen LogP contribution in [0.5, 0.6) is 0 Å². The van der Waals surface area contributed by atoms with Gasteiger partial charge in [-0.15, -0.1) is 0 Å². The highest BCUT2D eigenvalue weighted by molar-refractivity contribution is 5.90. The van der Waals surface area contributed by atoms with Crippen molar-refractivity contribution in [3.8, 4) is 5.69 Å². The molecule has 8 nitrogen and oxygen atoms in total. The molecule has 0 bridgehead atoms. The SMILES string of the molecule is Cc1c(C(CN2CCC[C@H]2c2ccc(C=CC(=O)NO)cc2)N=O)cnn1-c1ccccc1. The van der Waals surface area contributed by atoms with Gasteiger partial charge in [0, 0.05) is 29.9 Å². The first-order valence-electron chi connectivity index (χ1n) is 11.0. The average molecular weight is 446 g/mol. The van der Waals surface area contributed by atoms with Gasteiger partial charge in [-0.2, -0.15) is 10.0 Å². The van der Waals surface area contributed by atoms with Gasteiger partial charge in [0.25, 0.3) is 5.91 Å². The van der Waals surface area contributed by atoms with Crippen LogP contribution < -0.4 is 5.48 Å². The maximum Gasteiger partial charge on any atom is 0.267 e. The minimum atomic E-state index is -0.570. The Morgan fingerprint density at radius 2 is 2.00 bits per heavy atom. The highest BCUT2D eigenvalue weighted by Gasteiger charge is 2.30. The Hall–Kier alpha value is -3.62. The fourth-order valence-corrected chi connectivity index (χ4v) is 4.45. The summed E-state index contributed by atoms with van der Waals surface area (Å²) in [6, 6.07) is 17.5. The lowest BCUT2D eigenvalue weighted by Crippen LogP contribution is -2.28. The smallest absolute Gasteiger partial charge is 0.267 e. The summed E-state index contributed by atoms with van der Waals surface area (Å²) in [7, 11) is 0. The van der Waals surface area contributed by atoms with Crippen LogP contribution in [0.2, 0.25) is 0 Å². The zero-order valence-corrected chi connectivity index (χ0v) is 18.5. The van der Waals surface area contributed by atoms with Crippen molar-refractivity contribution in [3.05, 3.63) is 94.2 Å². The Kier molecular flexibility index (Phi) is 7.07. The van der Waals surface area contributed by atoms with E-state index in [1.807, 2.05) is 66.2 Å². The topological polar surface area (TPSA) is 99.8 Å². The molecule has 1 saturated heterocycles. The summed E-state index contributed by atoms with van der Waals surface area (Å²) in [5, 5.41) is 16.6. The summed E-state index contributed by atoms with van der Waals surface area (Å²) in [6.45, 7) is 3.41. The van der Waals surface area contributed by atoms with Gasteiger partial charge in [-0.3, -0.25) is 14.9 Å². The normalized spacial score (nSPS) is 17.3. The van der Waals surface area contributed by atoms with Crippen LogP contribution in [0.3, 0.4) is 0 Å². The second-order valence-electron chi connectivity index (χ2n) is 8.18. The Morgan fingerprint density at radius 3 is 2.70 bits per heavy atom. The first kappa shape index (κ1) is 22.6. The molecule has 1 amide bonds. The van der Waals surface area contributed by atoms with Crippen LogP contribution in [0.4, 0.5) is 0 Å². The monoisotopic (exact) mass is 445 g/mol. The number of hydrogen-bond donors (Lipinski definition) is 2. The zero-order valence-electron chi connectivity index (χ0n) is 18.5. The van der Waals surface area contributed by atoms with Crippen LogP contribution in [0, 0.1) is 11.8 Å². The number of amides is 1. The number of benzene rings is 2. The van der Waals surface area contributed by atoms with Crippen LogP contribution in [0.15, 0.2) is 72.0 Å². The number of rotatable bonds is 8. The molecule has 1 aliphatic heterocycles. The van der Waals surface area contributed by atoms with Crippen LogP contribution in [0.1, 0.15) is 47.3 Å². The number of para-hydroxylation sites is 1. The van der Waals surface area contributed by atoms with Gasteiger partial charge in [-0.1, -0.05) is 47.6 Å². The highest BCUT2D eigenvalue weighted by atomic mass is 16.5. The molecule has 1 unspecified atom stereocenters. The van der Waals surface area contributed by atoms with Gasteiger partial charge in [0.2, 0.25) is 0 Å². The van der Waals surface area contributed by atoms with E-state index in [1.54, 1.807) is 17.8 Å². The van der Waals surface area contributed by atoms with Crippen LogP contribution in [0.25, 0.3) is 11.8 Å². The van der Waals surface area contributed by atoms with E-state index in [-0.39, 0.29) is 6.04 Å². The number of hydrogen-bond acceptors (Lipinski definition) is 6. The second-order valence-corrected chi connectivity index (χ2v) is 8.18. The van der Waals surface area contributed by atoms with Gasteiger partial charge >= 0.3 is 0 Å². The third-order valence-electron chi connectivity index (χ3n) is 6.16. The molecule has 4 rings (SSSR count). The minimum Gasteiger partial charge on any atom is -0.294 e. The number of aromatic nitrogens is 2. The minimum absolute atomic E-state index is 0.206. The van der Waals surface area contributed by atoms with E-state index in [9.17, 15) is 9.70 Å². The van der Waals surface area contributed by atoms with Crippen molar-refractivity contribution in [1.82, 2.24) is 20.2 Å². The Morgan fingerprint density at radius 1 is 1.24 bits per heavy atom. The van der Waals surface area contributed by atoms with E-state index in [4.69, 9.17) is 5.21 Å². The predicted molar refractivity (Wildman–Crippen MR) is 126 cm³/mol. The van der Waals surface area contributed by atoms with E-state index in [0.29, 0.717) is 6.54 Å². The van der Waals surface area contributed by atoms with E-state index in [0.717, 1.165) is 47.5 Å². The molecule has 0 radical (unpaired) electrons. The molecule has 1 aromatic heterocycles. The van der Waals surface area contributed by atoms with Gasteiger partial charge in [-0.05, 0) is 55.6 Å². The predicted octanol–water partition coefficient (Wildman–Crippen LogP) is 4.34. The number of carbonyl (C=O) groups excluding carboxylic acids is 1. The Bertz CT molecular complexity index is 1120. The first-order chi connectivity index (χ1) is 16.1. The fraction of sp³-hybridized carbons (Fsp3) is 0.280. The summed E-state index contributed by atoms with van der Waals surface area (Å²) < 4.78 is 1.85. The number of nitrogens with zero attached hydrogens (tertiary/aromatic N) is 4. The van der Waals surface area contributed by atoms with E-state index in [1.165, 1.54) is 6.08 Å². The maximum atomic E-state index is 11.9. The van der Waals surface area contributed by atoms with Crippen molar-refractivity contribution >= 4 is 12.0 Å². The van der Waals surface area contributed by atoms with Gasteiger partial charge in [-0.25, -0.2) is 10.2 Å². The quantitative estimate of drug-likeness (QED) is 0.232. The Labute approximate surface area is 192 Å². The number of nitrogens with one attached hydrogen (secondary N) is 1. The third kappa shape index (κ3) is 5.08. The summed E-state index contributed by atoms with van der Waals surface area (Å²) >= 11 is 0. The van der Waals surface area contributed by atoms with Crippen molar-refractivity contribution in [1.29, 1.82) is 0 Å². The maximum absolute atomic E-state index is 11.9. The summed E-state index contributed by atoms with van der Waals surface area (Å²) in [4.78, 5) is 25.3. The fourth-order valence-electron chi connectivity index (χ4n) is 4.45. The molecule has 3 aromatic rings. The summed E-state index contributed by atoms with van der Waals surface area (Å²) in [6.07, 6.45) is 6.73. The summed E-state index contributed by atoms with van der Waals surface area (Å²) in [5.74, 6) is -0.570. The number of likely N-dealkylation sites (tertiary alicyclic amines) is 1. The molecular weight excluding hydrogens is 418 g/mol. The van der Waals surface area contributed by atoms with Gasteiger partial charge in [0.15, 0.2) is 0 Å². The van der Waals surface area contributed by atoms with E-state index >= 15 is 0 Å². The number of hydroxylamine groups is 1. The lowest BCUT2D eigenvalue weighted by molar-refractivity contribution is -0.124. The molecule has 33 heavy (non-hydrogen) atoms. The molecule has 170 valence electrons. The van der Waals surface area contributed by atoms with Crippen LogP contribution in [-0.4, -0.2) is 38.9 Å². The van der Waals surface area contributed by atoms with E-state index < -0.39 is 11.9 Å². The highest BCUT2D eigenvalue weighted by Crippen LogP contribution is 2.35. The molecule has 8 heteroatoms. The summed E-state index contributed by atoms with van der Waals surface area (Å²) in [5.41, 5.74) is 6.33. The van der Waals surface area contributed by atoms with Crippen molar-refractivity contribution in [2.24, 2.45) is 5.18 Å². The lowest BCUT2D eigenvalue weighted by atomic mass is 10.0. The van der Waals surface area contributed by atoms with Crippen LogP contribution >= 0.6 is 0 Å². The second kappa shape index (κ2) is 10.3. The van der Waals surface area contributed by atoms with Crippen molar-refractivity contribution in [2.45, 2.75) is 31.8 Å². The molecule has 0 saturated carbocycles. The largest absolute Gasteiger partial charge is 0.294 e. The number of carbonyl (C=O) groups is 1. The standard InChI is InChI=1S/C25H27N5O3/c1-18-22(16-26-30(18)21-6-3-2-4-7-21)23(27-32)17-29-15-5-8-24(29)20-12-9-19(10-13-20)11-14-25(31)28-33/h2-4,6-7,9-14,16,23-24,33H,5,8,15,17H2,1H3,(H,28,31)/t23?,24-/m0/s1. The molecule has 1 fully saturated rings. The van der Waals surface area contributed by atoms with Crippen molar-refractivity contribution in [3.63, 3.8) is 0 Å². The molecule has 2 aromatic carbocycles. The van der Waals surface area contributed by atoms with Gasteiger partial charge in [0.1, 0.15) is 6.04 Å². The van der Waals surface area contributed by atoms with Gasteiger partial charge < -0.3 is 0 Å². The van der Waals surface area contributed by atoms with Gasteiger partial charge in [0.05, 0.1) is 11.9 Å². The third-order valence-corrected chi connectivity index (χ3v) is 6.16. The van der Waals surface area contributed by atoms with Crippen molar-refractivity contribution < 1.29 is 10.0 Å². The molecule has 2 atom stereocenters. The zero-order chi connectivity index (χ0) is 23.2. The molecule has 2 N–H and O–H groups in total. The first-order valence-corrected chi connectivity index (χ1v) is 11.0. The van der Waals surface area contributed by atoms with E-state index in [2.05, 4.69) is 15.2 Å². The number of nitroso groups, excluding NO2 is 1. The molecule has 0 aliphatic carbocycles. The average Bonchev–Trinajstić information content (AvgIpc) is 3.48. The Balaban J connectivity index is 1.49. The molecule has 1 aliphatic rings. The van der Waals surface area contributed by atoms with Crippen molar-refractivity contribution in [2.75, 3.05) is 13.1 Å². The lowest BCUT2D eigenvalue weighted by Gasteiger charge is -2.26. The van der Waals surface area contributed by atoms with Crippen LogP contribution in [-0.2, 0) is 4.79 Å². The molecular formula is C25H27N5O3. The molecule has 0 spiro atoms.